The van der Waals surface area contributed by atoms with Gasteiger partial charge < -0.3 is 10.2 Å². The van der Waals surface area contributed by atoms with Gasteiger partial charge in [-0.2, -0.15) is 0 Å². The minimum atomic E-state index is -0.0654. The third-order valence-electron chi connectivity index (χ3n) is 5.60. The zero-order valence-electron chi connectivity index (χ0n) is 17.0. The first kappa shape index (κ1) is 19.3. The Morgan fingerprint density at radius 2 is 1.66 bits per heavy atom. The van der Waals surface area contributed by atoms with Crippen molar-refractivity contribution in [1.29, 1.82) is 0 Å². The number of carbonyl (C=O) groups excluding carboxylic acids is 1. The molecule has 1 amide bonds. The molecule has 3 aromatic carbocycles. The van der Waals surface area contributed by atoms with Gasteiger partial charge in [0.2, 0.25) is 0 Å². The van der Waals surface area contributed by atoms with E-state index in [2.05, 4.69) is 65.7 Å². The molecule has 0 unspecified atom stereocenters. The van der Waals surface area contributed by atoms with Gasteiger partial charge in [0.15, 0.2) is 0 Å². The Hall–Kier alpha value is -3.07. The van der Waals surface area contributed by atoms with E-state index >= 15 is 0 Å². The first-order valence-corrected chi connectivity index (χ1v) is 10.5. The summed E-state index contributed by atoms with van der Waals surface area (Å²) in [5.74, 6) is -0.0654. The SMILES string of the molecule is CCCCc1ccc(NC(=O)c2ccc(CN3CCc4ccccc43)cc2)cc1. The number of anilines is 2. The quantitative estimate of drug-likeness (QED) is 0.555. The molecule has 3 aromatic rings. The highest BCUT2D eigenvalue weighted by Crippen LogP contribution is 2.28. The van der Waals surface area contributed by atoms with E-state index in [4.69, 9.17) is 0 Å². The smallest absolute Gasteiger partial charge is 0.255 e. The summed E-state index contributed by atoms with van der Waals surface area (Å²) >= 11 is 0. The van der Waals surface area contributed by atoms with Gasteiger partial charge in [-0.1, -0.05) is 55.8 Å². The molecular weight excluding hydrogens is 356 g/mol. The van der Waals surface area contributed by atoms with Gasteiger partial charge in [0.1, 0.15) is 0 Å². The molecule has 1 heterocycles. The average Bonchev–Trinajstić information content (AvgIpc) is 3.16. The highest BCUT2D eigenvalue weighted by molar-refractivity contribution is 6.04. The Labute approximate surface area is 173 Å². The van der Waals surface area contributed by atoms with Gasteiger partial charge in [0.05, 0.1) is 0 Å². The zero-order chi connectivity index (χ0) is 20.1. The Morgan fingerprint density at radius 3 is 2.41 bits per heavy atom. The van der Waals surface area contributed by atoms with Crippen molar-refractivity contribution in [3.05, 3.63) is 95.1 Å². The third kappa shape index (κ3) is 4.68. The fourth-order valence-corrected chi connectivity index (χ4v) is 3.89. The molecular formula is C26H28N2O. The van der Waals surface area contributed by atoms with Crippen LogP contribution in [-0.4, -0.2) is 12.5 Å². The summed E-state index contributed by atoms with van der Waals surface area (Å²) in [7, 11) is 0. The maximum atomic E-state index is 12.6. The molecule has 1 N–H and O–H groups in total. The highest BCUT2D eigenvalue weighted by Gasteiger charge is 2.18. The number of nitrogens with one attached hydrogen (secondary N) is 1. The molecule has 1 aliphatic heterocycles. The lowest BCUT2D eigenvalue weighted by Crippen LogP contribution is -2.19. The van der Waals surface area contributed by atoms with Gasteiger partial charge in [-0.3, -0.25) is 4.79 Å². The molecule has 0 aromatic heterocycles. The summed E-state index contributed by atoms with van der Waals surface area (Å²) in [5.41, 5.74) is 6.82. The second kappa shape index (κ2) is 8.95. The maximum absolute atomic E-state index is 12.6. The van der Waals surface area contributed by atoms with E-state index < -0.39 is 0 Å². The predicted molar refractivity (Wildman–Crippen MR) is 121 cm³/mol. The van der Waals surface area contributed by atoms with Crippen molar-refractivity contribution in [2.75, 3.05) is 16.8 Å². The van der Waals surface area contributed by atoms with E-state index in [0.29, 0.717) is 5.56 Å². The molecule has 4 rings (SSSR count). The van der Waals surface area contributed by atoms with Gasteiger partial charge in [-0.25, -0.2) is 0 Å². The number of hydrogen-bond acceptors (Lipinski definition) is 2. The van der Waals surface area contributed by atoms with Crippen molar-refractivity contribution >= 4 is 17.3 Å². The van der Waals surface area contributed by atoms with Crippen LogP contribution in [0.2, 0.25) is 0 Å². The first-order chi connectivity index (χ1) is 14.2. The fourth-order valence-electron chi connectivity index (χ4n) is 3.89. The molecule has 0 atom stereocenters. The molecule has 0 saturated heterocycles. The second-order valence-electron chi connectivity index (χ2n) is 7.75. The number of benzene rings is 3. The number of carbonyl (C=O) groups is 1. The van der Waals surface area contributed by atoms with Gasteiger partial charge in [0.25, 0.3) is 5.91 Å². The minimum Gasteiger partial charge on any atom is -0.367 e. The van der Waals surface area contributed by atoms with Crippen LogP contribution < -0.4 is 10.2 Å². The molecule has 3 heteroatoms. The van der Waals surface area contributed by atoms with Crippen molar-refractivity contribution in [1.82, 2.24) is 0 Å². The summed E-state index contributed by atoms with van der Waals surface area (Å²) in [6.45, 7) is 4.12. The summed E-state index contributed by atoms with van der Waals surface area (Å²) in [4.78, 5) is 15.0. The number of nitrogens with zero attached hydrogens (tertiary/aromatic N) is 1. The van der Waals surface area contributed by atoms with Crippen molar-refractivity contribution in [2.45, 2.75) is 39.2 Å². The monoisotopic (exact) mass is 384 g/mol. The van der Waals surface area contributed by atoms with Crippen molar-refractivity contribution < 1.29 is 4.79 Å². The highest BCUT2D eigenvalue weighted by atomic mass is 16.1. The van der Waals surface area contributed by atoms with Crippen LogP contribution in [0.3, 0.4) is 0 Å². The minimum absolute atomic E-state index is 0.0654. The van der Waals surface area contributed by atoms with Gasteiger partial charge in [-0.15, -0.1) is 0 Å². The number of amides is 1. The molecule has 0 bridgehead atoms. The van der Waals surface area contributed by atoms with E-state index in [1.165, 1.54) is 35.2 Å². The molecule has 148 valence electrons. The number of hydrogen-bond donors (Lipinski definition) is 1. The lowest BCUT2D eigenvalue weighted by atomic mass is 10.1. The van der Waals surface area contributed by atoms with E-state index in [1.807, 2.05) is 24.3 Å². The molecule has 29 heavy (non-hydrogen) atoms. The summed E-state index contributed by atoms with van der Waals surface area (Å²) in [6, 6.07) is 24.7. The van der Waals surface area contributed by atoms with Crippen LogP contribution in [0.15, 0.2) is 72.8 Å². The first-order valence-electron chi connectivity index (χ1n) is 10.5. The Kier molecular flexibility index (Phi) is 5.95. The second-order valence-corrected chi connectivity index (χ2v) is 7.75. The van der Waals surface area contributed by atoms with Crippen molar-refractivity contribution in [3.8, 4) is 0 Å². The standard InChI is InChI=1S/C26H28N2O/c1-2-3-6-20-11-15-24(16-12-20)27-26(29)23-13-9-21(10-14-23)19-28-18-17-22-7-4-5-8-25(22)28/h4-5,7-16H,2-3,6,17-19H2,1H3,(H,27,29). The van der Waals surface area contributed by atoms with E-state index in [-0.39, 0.29) is 5.91 Å². The lowest BCUT2D eigenvalue weighted by Gasteiger charge is -2.19. The van der Waals surface area contributed by atoms with Gasteiger partial charge >= 0.3 is 0 Å². The average molecular weight is 385 g/mol. The van der Waals surface area contributed by atoms with Crippen LogP contribution in [-0.2, 0) is 19.4 Å². The van der Waals surface area contributed by atoms with Crippen LogP contribution in [0.4, 0.5) is 11.4 Å². The summed E-state index contributed by atoms with van der Waals surface area (Å²) in [6.07, 6.45) is 4.58. The molecule has 3 nitrogen and oxygen atoms in total. The predicted octanol–water partition coefficient (Wildman–Crippen LogP) is 5.84. The van der Waals surface area contributed by atoms with E-state index in [9.17, 15) is 4.79 Å². The molecule has 0 radical (unpaired) electrons. The number of aryl methyl sites for hydroxylation is 1. The lowest BCUT2D eigenvalue weighted by molar-refractivity contribution is 0.102. The van der Waals surface area contributed by atoms with Gasteiger partial charge in [-0.05, 0) is 66.3 Å². The van der Waals surface area contributed by atoms with Crippen LogP contribution in [0.5, 0.6) is 0 Å². The van der Waals surface area contributed by atoms with Crippen LogP contribution in [0.25, 0.3) is 0 Å². The Bertz CT molecular complexity index is 961. The maximum Gasteiger partial charge on any atom is 0.255 e. The fraction of sp³-hybridized carbons (Fsp3) is 0.269. The number of rotatable bonds is 7. The topological polar surface area (TPSA) is 32.3 Å². The Balaban J connectivity index is 1.36. The van der Waals surface area contributed by atoms with Crippen LogP contribution in [0.1, 0.15) is 46.8 Å². The van der Waals surface area contributed by atoms with Gasteiger partial charge in [0, 0.05) is 30.0 Å². The Morgan fingerprint density at radius 1 is 0.931 bits per heavy atom. The number of unbranched alkanes of at least 4 members (excludes halogenated alkanes) is 1. The summed E-state index contributed by atoms with van der Waals surface area (Å²) < 4.78 is 0. The molecule has 0 fully saturated rings. The van der Waals surface area contributed by atoms with Crippen LogP contribution >= 0.6 is 0 Å². The molecule has 0 saturated carbocycles. The molecule has 1 aliphatic rings. The van der Waals surface area contributed by atoms with Crippen molar-refractivity contribution in [2.24, 2.45) is 0 Å². The summed E-state index contributed by atoms with van der Waals surface area (Å²) in [5, 5.41) is 3.00. The normalized spacial score (nSPS) is 12.7. The molecule has 0 spiro atoms. The molecule has 0 aliphatic carbocycles. The van der Waals surface area contributed by atoms with Crippen molar-refractivity contribution in [3.63, 3.8) is 0 Å². The number of para-hydroxylation sites is 1. The van der Waals surface area contributed by atoms with E-state index in [1.54, 1.807) is 0 Å². The number of fused-ring (bicyclic) bond motifs is 1. The third-order valence-corrected chi connectivity index (χ3v) is 5.60. The zero-order valence-corrected chi connectivity index (χ0v) is 17.0. The van der Waals surface area contributed by atoms with Crippen LogP contribution in [0, 0.1) is 0 Å². The largest absolute Gasteiger partial charge is 0.367 e. The van der Waals surface area contributed by atoms with E-state index in [0.717, 1.165) is 31.6 Å².